The van der Waals surface area contributed by atoms with Crippen LogP contribution in [0.4, 0.5) is 20.6 Å². The zero-order valence-electron chi connectivity index (χ0n) is 15.5. The number of carbonyl (C=O) groups is 2. The second kappa shape index (κ2) is 9.94. The van der Waals surface area contributed by atoms with E-state index in [0.717, 1.165) is 4.90 Å². The smallest absolute Gasteiger partial charge is 0.326 e. The summed E-state index contributed by atoms with van der Waals surface area (Å²) in [6.07, 6.45) is 0. The van der Waals surface area contributed by atoms with E-state index in [0.29, 0.717) is 17.1 Å². The number of amides is 3. The summed E-state index contributed by atoms with van der Waals surface area (Å²) in [6.45, 7) is 1.83. The maximum absolute atomic E-state index is 12.9. The van der Waals surface area contributed by atoms with Gasteiger partial charge < -0.3 is 10.6 Å². The van der Waals surface area contributed by atoms with Gasteiger partial charge in [0.2, 0.25) is 5.91 Å². The molecule has 1 atom stereocenters. The molecule has 0 aliphatic heterocycles. The van der Waals surface area contributed by atoms with Gasteiger partial charge in [0.15, 0.2) is 0 Å². The lowest BCUT2D eigenvalue weighted by molar-refractivity contribution is -0.118. The predicted octanol–water partition coefficient (Wildman–Crippen LogP) is 3.79. The molecule has 3 N–H and O–H groups in total. The molecule has 0 saturated heterocycles. The summed E-state index contributed by atoms with van der Waals surface area (Å²) < 4.78 is 12.9. The molecule has 0 bridgehead atoms. The fourth-order valence-electron chi connectivity index (χ4n) is 2.13. The van der Waals surface area contributed by atoms with Crippen LogP contribution in [-0.4, -0.2) is 36.8 Å². The van der Waals surface area contributed by atoms with Gasteiger partial charge >= 0.3 is 6.03 Å². The molecular weight excluding hydrogens is 367 g/mol. The third-order valence-corrected chi connectivity index (χ3v) is 4.75. The number of thioether (sulfide) groups is 1. The van der Waals surface area contributed by atoms with Crippen molar-refractivity contribution in [1.82, 2.24) is 10.4 Å². The highest BCUT2D eigenvalue weighted by molar-refractivity contribution is 7.99. The van der Waals surface area contributed by atoms with Crippen molar-refractivity contribution in [2.45, 2.75) is 11.8 Å². The zero-order chi connectivity index (χ0) is 19.8. The topological polar surface area (TPSA) is 73.5 Å². The Labute approximate surface area is 162 Å². The van der Waals surface area contributed by atoms with E-state index in [9.17, 15) is 14.0 Å². The lowest BCUT2D eigenvalue weighted by Gasteiger charge is -2.15. The van der Waals surface area contributed by atoms with E-state index >= 15 is 0 Å². The minimum atomic E-state index is -0.368. The average Bonchev–Trinajstić information content (AvgIpc) is 2.60. The Hall–Kier alpha value is -2.58. The maximum Gasteiger partial charge on any atom is 0.333 e. The maximum atomic E-state index is 12.9. The molecule has 0 fully saturated rings. The summed E-state index contributed by atoms with van der Waals surface area (Å²) in [6, 6.07) is 12.7. The van der Waals surface area contributed by atoms with E-state index in [4.69, 9.17) is 0 Å². The highest BCUT2D eigenvalue weighted by Gasteiger charge is 2.14. The molecule has 0 heterocycles. The highest BCUT2D eigenvalue weighted by atomic mass is 32.2. The van der Waals surface area contributed by atoms with Crippen LogP contribution in [0.25, 0.3) is 0 Å². The number of hydrogen-bond donors (Lipinski definition) is 3. The SMILES string of the molecule is CC(CSc1ccc(F)cc1)C(=O)Nc1cccc(NC(=O)NN(C)C)c1. The van der Waals surface area contributed by atoms with E-state index in [-0.39, 0.29) is 23.7 Å². The van der Waals surface area contributed by atoms with E-state index in [1.807, 2.05) is 6.92 Å². The second-order valence-corrected chi connectivity index (χ2v) is 7.29. The minimum absolute atomic E-state index is 0.125. The zero-order valence-corrected chi connectivity index (χ0v) is 16.3. The Balaban J connectivity index is 1.87. The first-order valence-corrected chi connectivity index (χ1v) is 9.36. The van der Waals surface area contributed by atoms with Crippen molar-refractivity contribution in [3.63, 3.8) is 0 Å². The summed E-state index contributed by atoms with van der Waals surface area (Å²) in [5.74, 6) is -0.0770. The number of nitrogens with zero attached hydrogens (tertiary/aromatic N) is 1. The van der Waals surface area contributed by atoms with Crippen LogP contribution in [0.3, 0.4) is 0 Å². The molecule has 6 nitrogen and oxygen atoms in total. The Morgan fingerprint density at radius 2 is 1.70 bits per heavy atom. The van der Waals surface area contributed by atoms with E-state index in [1.165, 1.54) is 28.9 Å². The minimum Gasteiger partial charge on any atom is -0.326 e. The first-order chi connectivity index (χ1) is 12.8. The van der Waals surface area contributed by atoms with Gasteiger partial charge in [-0.2, -0.15) is 0 Å². The van der Waals surface area contributed by atoms with Crippen LogP contribution in [0.2, 0.25) is 0 Å². The molecule has 2 aromatic carbocycles. The van der Waals surface area contributed by atoms with Crippen molar-refractivity contribution in [2.75, 3.05) is 30.5 Å². The number of carbonyl (C=O) groups excluding carboxylic acids is 2. The summed E-state index contributed by atoms with van der Waals surface area (Å²) >= 11 is 1.50. The van der Waals surface area contributed by atoms with Crippen LogP contribution in [0, 0.1) is 11.7 Å². The van der Waals surface area contributed by atoms with Gasteiger partial charge in [-0.05, 0) is 42.5 Å². The van der Waals surface area contributed by atoms with Crippen LogP contribution in [-0.2, 0) is 4.79 Å². The van der Waals surface area contributed by atoms with Crippen LogP contribution in [0.1, 0.15) is 6.92 Å². The summed E-state index contributed by atoms with van der Waals surface area (Å²) in [4.78, 5) is 25.0. The monoisotopic (exact) mass is 390 g/mol. The Morgan fingerprint density at radius 1 is 1.07 bits per heavy atom. The standard InChI is InChI=1S/C19H23FN4O2S/c1-13(12-27-17-9-7-14(20)8-10-17)18(25)21-15-5-4-6-16(11-15)22-19(26)23-24(2)3/h4-11,13H,12H2,1-3H3,(H,21,25)(H2,22,23,26). The molecule has 0 aromatic heterocycles. The summed E-state index contributed by atoms with van der Waals surface area (Å²) in [5, 5.41) is 7.07. The Bertz CT molecular complexity index is 784. The first-order valence-electron chi connectivity index (χ1n) is 8.38. The first kappa shape index (κ1) is 20.7. The van der Waals surface area contributed by atoms with Crippen molar-refractivity contribution in [1.29, 1.82) is 0 Å². The van der Waals surface area contributed by atoms with Gasteiger partial charge in [0.05, 0.1) is 0 Å². The fourth-order valence-corrected chi connectivity index (χ4v) is 3.05. The molecule has 1 unspecified atom stereocenters. The second-order valence-electron chi connectivity index (χ2n) is 6.20. The molecule has 27 heavy (non-hydrogen) atoms. The van der Waals surface area contributed by atoms with E-state index < -0.39 is 0 Å². The van der Waals surface area contributed by atoms with Gasteiger partial charge in [-0.25, -0.2) is 14.2 Å². The average molecular weight is 390 g/mol. The van der Waals surface area contributed by atoms with Crippen molar-refractivity contribution in [3.8, 4) is 0 Å². The van der Waals surface area contributed by atoms with Crippen molar-refractivity contribution < 1.29 is 14.0 Å². The van der Waals surface area contributed by atoms with Crippen molar-refractivity contribution in [2.24, 2.45) is 5.92 Å². The van der Waals surface area contributed by atoms with Crippen LogP contribution < -0.4 is 16.1 Å². The number of urea groups is 1. The van der Waals surface area contributed by atoms with Gasteiger partial charge in [-0.3, -0.25) is 10.2 Å². The third-order valence-electron chi connectivity index (χ3n) is 3.47. The number of hydrazine groups is 1. The largest absolute Gasteiger partial charge is 0.333 e. The fraction of sp³-hybridized carbons (Fsp3) is 0.263. The summed E-state index contributed by atoms with van der Waals surface area (Å²) in [7, 11) is 3.42. The molecule has 0 aliphatic rings. The van der Waals surface area contributed by atoms with Gasteiger partial charge in [0.25, 0.3) is 0 Å². The van der Waals surface area contributed by atoms with Crippen LogP contribution in [0.15, 0.2) is 53.4 Å². The molecular formula is C19H23FN4O2S. The Kier molecular flexibility index (Phi) is 7.63. The van der Waals surface area contributed by atoms with Crippen molar-refractivity contribution >= 4 is 35.1 Å². The molecule has 0 saturated carbocycles. The quantitative estimate of drug-likeness (QED) is 0.497. The normalized spacial score (nSPS) is 11.7. The summed E-state index contributed by atoms with van der Waals surface area (Å²) in [5.41, 5.74) is 3.74. The molecule has 2 aromatic rings. The van der Waals surface area contributed by atoms with Gasteiger partial charge in [0.1, 0.15) is 5.82 Å². The van der Waals surface area contributed by atoms with Gasteiger partial charge in [-0.15, -0.1) is 11.8 Å². The van der Waals surface area contributed by atoms with Crippen molar-refractivity contribution in [3.05, 3.63) is 54.3 Å². The Morgan fingerprint density at radius 3 is 2.33 bits per heavy atom. The molecule has 8 heteroatoms. The number of nitrogens with one attached hydrogen (secondary N) is 3. The molecule has 3 amide bonds. The molecule has 0 aliphatic carbocycles. The van der Waals surface area contributed by atoms with E-state index in [2.05, 4.69) is 16.1 Å². The number of benzene rings is 2. The number of hydrogen-bond acceptors (Lipinski definition) is 4. The molecule has 144 valence electrons. The highest BCUT2D eigenvalue weighted by Crippen LogP contribution is 2.22. The van der Waals surface area contributed by atoms with Crippen LogP contribution >= 0.6 is 11.8 Å². The lowest BCUT2D eigenvalue weighted by atomic mass is 10.2. The number of anilines is 2. The molecule has 2 rings (SSSR count). The third kappa shape index (κ3) is 7.28. The van der Waals surface area contributed by atoms with Crippen LogP contribution in [0.5, 0.6) is 0 Å². The molecule has 0 radical (unpaired) electrons. The number of halogens is 1. The lowest BCUT2D eigenvalue weighted by Crippen LogP contribution is -2.39. The van der Waals surface area contributed by atoms with Gasteiger partial charge in [0, 0.05) is 42.0 Å². The molecule has 0 spiro atoms. The number of rotatable bonds is 7. The van der Waals surface area contributed by atoms with E-state index in [1.54, 1.807) is 50.5 Å². The van der Waals surface area contributed by atoms with Gasteiger partial charge in [-0.1, -0.05) is 13.0 Å². The predicted molar refractivity (Wildman–Crippen MR) is 107 cm³/mol.